The lowest BCUT2D eigenvalue weighted by Crippen LogP contribution is -2.48. The minimum atomic E-state index is -0.325. The van der Waals surface area contributed by atoms with Crippen molar-refractivity contribution in [1.29, 1.82) is 0 Å². The number of hydrogen-bond acceptors (Lipinski definition) is 5. The Balaban J connectivity index is 1.31. The predicted molar refractivity (Wildman–Crippen MR) is 102 cm³/mol. The maximum absolute atomic E-state index is 12.3. The van der Waals surface area contributed by atoms with E-state index in [4.69, 9.17) is 26.8 Å². The first-order valence-corrected chi connectivity index (χ1v) is 9.78. The summed E-state index contributed by atoms with van der Waals surface area (Å²) in [6.07, 6.45) is 3.27. The molecule has 2 aliphatic rings. The van der Waals surface area contributed by atoms with Gasteiger partial charge in [-0.3, -0.25) is 9.69 Å². The highest BCUT2D eigenvalue weighted by molar-refractivity contribution is 6.30. The van der Waals surface area contributed by atoms with Crippen LogP contribution in [0.15, 0.2) is 24.3 Å². The molecule has 0 radical (unpaired) electrons. The number of nitrogens with two attached hydrogens (primary N) is 1. The number of likely N-dealkylation sites (tertiary alicyclic amines) is 1. The first kappa shape index (κ1) is 19.4. The third-order valence-electron chi connectivity index (χ3n) is 5.09. The first-order valence-electron chi connectivity index (χ1n) is 9.40. The standard InChI is InChI=1S/C19H28ClN3O3/c20-14-1-3-16(4-2-14)25-12-11-23-9-7-15(8-10-23)22-19(24)18-6-5-17(13-21)26-18/h1-4,15,17-18H,5-13,21H2,(H,22,24)/t17-,18+/m1/s1. The van der Waals surface area contributed by atoms with Gasteiger partial charge in [-0.05, 0) is 49.9 Å². The Kier molecular flexibility index (Phi) is 7.14. The van der Waals surface area contributed by atoms with Crippen LogP contribution in [0.4, 0.5) is 0 Å². The number of carbonyl (C=O) groups excluding carboxylic acids is 1. The average Bonchev–Trinajstić information content (AvgIpc) is 3.14. The van der Waals surface area contributed by atoms with E-state index >= 15 is 0 Å². The minimum absolute atomic E-state index is 0.0190. The lowest BCUT2D eigenvalue weighted by Gasteiger charge is -2.32. The molecule has 2 heterocycles. The number of hydrogen-bond donors (Lipinski definition) is 2. The maximum atomic E-state index is 12.3. The quantitative estimate of drug-likeness (QED) is 0.753. The molecule has 1 aromatic rings. The number of nitrogens with zero attached hydrogens (tertiary/aromatic N) is 1. The Hall–Kier alpha value is -1.34. The summed E-state index contributed by atoms with van der Waals surface area (Å²) in [5.41, 5.74) is 5.60. The Morgan fingerprint density at radius 1 is 1.23 bits per heavy atom. The number of halogens is 1. The maximum Gasteiger partial charge on any atom is 0.249 e. The van der Waals surface area contributed by atoms with E-state index in [9.17, 15) is 4.79 Å². The van der Waals surface area contributed by atoms with E-state index in [-0.39, 0.29) is 24.2 Å². The summed E-state index contributed by atoms with van der Waals surface area (Å²) in [4.78, 5) is 14.7. The number of ether oxygens (including phenoxy) is 2. The van der Waals surface area contributed by atoms with Gasteiger partial charge in [0.05, 0.1) is 6.10 Å². The monoisotopic (exact) mass is 381 g/mol. The van der Waals surface area contributed by atoms with Gasteiger partial charge in [-0.1, -0.05) is 11.6 Å². The molecule has 3 rings (SSSR count). The Labute approximate surface area is 160 Å². The third-order valence-corrected chi connectivity index (χ3v) is 5.34. The van der Waals surface area contributed by atoms with Crippen molar-refractivity contribution >= 4 is 17.5 Å². The number of piperidine rings is 1. The molecule has 0 bridgehead atoms. The van der Waals surface area contributed by atoms with Crippen LogP contribution in [0.3, 0.4) is 0 Å². The highest BCUT2D eigenvalue weighted by Gasteiger charge is 2.31. The molecule has 2 atom stereocenters. The van der Waals surface area contributed by atoms with Crippen LogP contribution in [0, 0.1) is 0 Å². The number of carbonyl (C=O) groups is 1. The molecular formula is C19H28ClN3O3. The molecule has 0 aromatic heterocycles. The number of amides is 1. The lowest BCUT2D eigenvalue weighted by molar-refractivity contribution is -0.132. The molecule has 6 nitrogen and oxygen atoms in total. The Bertz CT molecular complexity index is 576. The highest BCUT2D eigenvalue weighted by atomic mass is 35.5. The smallest absolute Gasteiger partial charge is 0.249 e. The van der Waals surface area contributed by atoms with Gasteiger partial charge in [-0.15, -0.1) is 0 Å². The lowest BCUT2D eigenvalue weighted by atomic mass is 10.0. The summed E-state index contributed by atoms with van der Waals surface area (Å²) in [6.45, 7) is 3.94. The number of benzene rings is 1. The fraction of sp³-hybridized carbons (Fsp3) is 0.632. The van der Waals surface area contributed by atoms with E-state index in [1.807, 2.05) is 24.3 Å². The highest BCUT2D eigenvalue weighted by Crippen LogP contribution is 2.20. The van der Waals surface area contributed by atoms with Crippen LogP contribution in [0.5, 0.6) is 5.75 Å². The van der Waals surface area contributed by atoms with Crippen molar-refractivity contribution in [3.63, 3.8) is 0 Å². The summed E-state index contributed by atoms with van der Waals surface area (Å²) in [5, 5.41) is 3.85. The largest absolute Gasteiger partial charge is 0.492 e. The van der Waals surface area contributed by atoms with Crippen molar-refractivity contribution in [3.05, 3.63) is 29.3 Å². The molecule has 0 unspecified atom stereocenters. The van der Waals surface area contributed by atoms with E-state index in [0.717, 1.165) is 51.1 Å². The van der Waals surface area contributed by atoms with Gasteiger partial charge in [0.15, 0.2) is 0 Å². The van der Waals surface area contributed by atoms with Crippen LogP contribution in [0.1, 0.15) is 25.7 Å². The van der Waals surface area contributed by atoms with E-state index < -0.39 is 0 Å². The fourth-order valence-electron chi connectivity index (χ4n) is 3.49. The van der Waals surface area contributed by atoms with Crippen LogP contribution in [-0.4, -0.2) is 61.8 Å². The molecule has 0 aliphatic carbocycles. The normalized spacial score (nSPS) is 24.5. The van der Waals surface area contributed by atoms with Gasteiger partial charge in [-0.25, -0.2) is 0 Å². The van der Waals surface area contributed by atoms with Crippen LogP contribution in [-0.2, 0) is 9.53 Å². The molecule has 7 heteroatoms. The average molecular weight is 382 g/mol. The summed E-state index contributed by atoms with van der Waals surface area (Å²) >= 11 is 5.87. The van der Waals surface area contributed by atoms with Crippen LogP contribution < -0.4 is 15.8 Å². The van der Waals surface area contributed by atoms with Gasteiger partial charge in [0.1, 0.15) is 18.5 Å². The molecule has 1 amide bonds. The molecule has 2 saturated heterocycles. The van der Waals surface area contributed by atoms with E-state index in [2.05, 4.69) is 10.2 Å². The van der Waals surface area contributed by atoms with E-state index in [1.54, 1.807) is 0 Å². The zero-order valence-corrected chi connectivity index (χ0v) is 15.8. The van der Waals surface area contributed by atoms with Crippen molar-refractivity contribution in [1.82, 2.24) is 10.2 Å². The summed E-state index contributed by atoms with van der Waals surface area (Å²) < 4.78 is 11.4. The molecule has 2 aliphatic heterocycles. The van der Waals surface area contributed by atoms with Crippen molar-refractivity contribution in [2.75, 3.05) is 32.8 Å². The molecule has 1 aromatic carbocycles. The van der Waals surface area contributed by atoms with E-state index in [0.29, 0.717) is 18.2 Å². The molecule has 0 spiro atoms. The van der Waals surface area contributed by atoms with Crippen LogP contribution in [0.25, 0.3) is 0 Å². The molecular weight excluding hydrogens is 354 g/mol. The summed E-state index contributed by atoms with van der Waals surface area (Å²) in [5.74, 6) is 0.856. The molecule has 0 saturated carbocycles. The Morgan fingerprint density at radius 2 is 1.96 bits per heavy atom. The number of nitrogens with one attached hydrogen (secondary N) is 1. The zero-order chi connectivity index (χ0) is 18.4. The van der Waals surface area contributed by atoms with E-state index in [1.165, 1.54) is 0 Å². The fourth-order valence-corrected chi connectivity index (χ4v) is 3.62. The molecule has 26 heavy (non-hydrogen) atoms. The minimum Gasteiger partial charge on any atom is -0.492 e. The van der Waals surface area contributed by atoms with Gasteiger partial charge in [-0.2, -0.15) is 0 Å². The molecule has 144 valence electrons. The second-order valence-corrected chi connectivity index (χ2v) is 7.42. The van der Waals surface area contributed by atoms with Gasteiger partial charge in [0.25, 0.3) is 0 Å². The van der Waals surface area contributed by atoms with Crippen molar-refractivity contribution < 1.29 is 14.3 Å². The summed E-state index contributed by atoms with van der Waals surface area (Å²) in [6, 6.07) is 7.65. The van der Waals surface area contributed by atoms with Crippen LogP contribution >= 0.6 is 11.6 Å². The Morgan fingerprint density at radius 3 is 2.62 bits per heavy atom. The SMILES string of the molecule is NC[C@H]1CC[C@@H](C(=O)NC2CCN(CCOc3ccc(Cl)cc3)CC2)O1. The molecule has 2 fully saturated rings. The first-order chi connectivity index (χ1) is 12.6. The predicted octanol–water partition coefficient (Wildman–Crippen LogP) is 1.81. The van der Waals surface area contributed by atoms with Gasteiger partial charge in [0.2, 0.25) is 5.91 Å². The van der Waals surface area contributed by atoms with Crippen molar-refractivity contribution in [2.24, 2.45) is 5.73 Å². The van der Waals surface area contributed by atoms with Crippen molar-refractivity contribution in [3.8, 4) is 5.75 Å². The van der Waals surface area contributed by atoms with Gasteiger partial charge < -0.3 is 20.5 Å². The van der Waals surface area contributed by atoms with Crippen molar-refractivity contribution in [2.45, 2.75) is 43.9 Å². The van der Waals surface area contributed by atoms with Gasteiger partial charge in [0, 0.05) is 37.2 Å². The van der Waals surface area contributed by atoms with Crippen LogP contribution in [0.2, 0.25) is 5.02 Å². The zero-order valence-electron chi connectivity index (χ0n) is 15.0. The second-order valence-electron chi connectivity index (χ2n) is 6.99. The molecule has 3 N–H and O–H groups in total. The summed E-state index contributed by atoms with van der Waals surface area (Å²) in [7, 11) is 0. The number of rotatable bonds is 7. The topological polar surface area (TPSA) is 76.8 Å². The third kappa shape index (κ3) is 5.58. The second kappa shape index (κ2) is 9.55. The van der Waals surface area contributed by atoms with Gasteiger partial charge >= 0.3 is 0 Å².